The molecule has 0 N–H and O–H groups in total. The summed E-state index contributed by atoms with van der Waals surface area (Å²) in [6, 6.07) is 69.5. The molecular weight excluding hydrogens is 1120 g/mol. The Kier molecular flexibility index (Phi) is 17.0. The molecule has 3 aliphatic heterocycles. The van der Waals surface area contributed by atoms with E-state index in [1.807, 2.05) is 36.4 Å². The third-order valence-corrected chi connectivity index (χ3v) is 18.2. The fourth-order valence-corrected chi connectivity index (χ4v) is 14.1. The van der Waals surface area contributed by atoms with E-state index in [4.69, 9.17) is 23.9 Å². The van der Waals surface area contributed by atoms with Gasteiger partial charge in [-0.2, -0.15) is 0 Å². The zero-order chi connectivity index (χ0) is 57.8. The number of halogens is 1. The van der Waals surface area contributed by atoms with Gasteiger partial charge in [0, 0.05) is 94.9 Å². The summed E-state index contributed by atoms with van der Waals surface area (Å²) >= 11 is 3.51. The molecular formula is C75H63ClN4O4S2. The number of nitrogens with zero attached hydrogens (tertiary/aromatic N) is 4. The third-order valence-electron chi connectivity index (χ3n) is 16.0. The lowest BCUT2D eigenvalue weighted by Gasteiger charge is -2.22. The molecule has 426 valence electrons. The van der Waals surface area contributed by atoms with Crippen LogP contribution in [0.4, 0.5) is 5.69 Å². The first-order valence-corrected chi connectivity index (χ1v) is 31.0. The van der Waals surface area contributed by atoms with E-state index in [2.05, 4.69) is 225 Å². The molecule has 9 aromatic rings. The van der Waals surface area contributed by atoms with Crippen LogP contribution in [0.3, 0.4) is 0 Å². The molecule has 0 radical (unpaired) electrons. The molecule has 86 heavy (non-hydrogen) atoms. The average Bonchev–Trinajstić information content (AvgIpc) is 2.62. The first kappa shape index (κ1) is 57.3. The molecule has 0 unspecified atom stereocenters. The number of aromatic nitrogens is 2. The third kappa shape index (κ3) is 11.3. The van der Waals surface area contributed by atoms with Crippen LogP contribution >= 0.6 is 22.7 Å². The molecule has 3 aromatic heterocycles. The number of benzene rings is 7. The van der Waals surface area contributed by atoms with Crippen molar-refractivity contribution in [2.45, 2.75) is 34.1 Å². The van der Waals surface area contributed by atoms with Crippen molar-refractivity contribution in [1.29, 1.82) is 0 Å². The van der Waals surface area contributed by atoms with Gasteiger partial charge in [-0.25, -0.2) is 19.3 Å². The van der Waals surface area contributed by atoms with Crippen LogP contribution in [0.25, 0.3) is 121 Å². The van der Waals surface area contributed by atoms with E-state index in [9.17, 15) is 4.79 Å². The summed E-state index contributed by atoms with van der Waals surface area (Å²) in [5.74, 6) is 1.09. The van der Waals surface area contributed by atoms with Crippen molar-refractivity contribution >= 4 is 88.4 Å². The van der Waals surface area contributed by atoms with Crippen molar-refractivity contribution in [3.05, 3.63) is 234 Å². The van der Waals surface area contributed by atoms with Gasteiger partial charge in [-0.3, -0.25) is 0 Å². The molecule has 1 aliphatic carbocycles. The fraction of sp³-hybridized carbons (Fsp3) is 0.147. The maximum absolute atomic E-state index is 14.2. The highest BCUT2D eigenvalue weighted by atomic mass is 35.5. The molecule has 11 heteroatoms. The summed E-state index contributed by atoms with van der Waals surface area (Å²) in [4.78, 5) is 27.5. The highest BCUT2D eigenvalue weighted by Gasteiger charge is 2.25. The number of rotatable bonds is 16. The first-order valence-electron chi connectivity index (χ1n) is 29.3. The summed E-state index contributed by atoms with van der Waals surface area (Å²) in [5, 5.41) is 2.02. The monoisotopic (exact) mass is 1180 g/mol. The number of ether oxygens (including phenoxy) is 2. The Hall–Kier alpha value is -9.19. The van der Waals surface area contributed by atoms with Gasteiger partial charge in [-0.05, 0) is 140 Å². The Morgan fingerprint density at radius 2 is 0.988 bits per heavy atom. The van der Waals surface area contributed by atoms with Crippen molar-refractivity contribution in [1.82, 2.24) is 14.5 Å². The predicted octanol–water partition coefficient (Wildman–Crippen LogP) is 15.6. The van der Waals surface area contributed by atoms with Crippen LogP contribution in [-0.4, -0.2) is 55.3 Å². The van der Waals surface area contributed by atoms with Crippen molar-refractivity contribution in [2.75, 3.05) is 44.3 Å². The topological polar surface area (TPSA) is 80.7 Å². The maximum Gasteiger partial charge on any atom is 0.338 e. The molecule has 6 heterocycles. The standard InChI is InChI=1S/C75H63N4O4S2.ClH/c1-5-78(6-2)53-31-35-58-64(47-53)83-65-48-54(79(7-3)8-4)32-36-59(65)74(58)56-27-18-19-28-57(56)75(80)82-46-20-45-81-55-33-29-52(30-34-55)73-63-40-39-62(77-63)72(51-25-16-11-17-26-51)67-42-41-66(84-67)70(49-21-12-9-13-22-49)60-37-38-61(76-60)71(50-23-14-10-15-24-50)68-43-44-69(73)85-68;/h9-19,21-44,47-48H,5-8,20,45-46H2,1-4H3;1H/q+1;/p-1. The maximum atomic E-state index is 14.2. The van der Waals surface area contributed by atoms with Crippen molar-refractivity contribution in [3.8, 4) is 72.7 Å². The second-order valence-corrected chi connectivity index (χ2v) is 23.1. The van der Waals surface area contributed by atoms with E-state index in [0.29, 0.717) is 18.6 Å². The zero-order valence-corrected chi connectivity index (χ0v) is 50.8. The molecule has 0 atom stereocenters. The van der Waals surface area contributed by atoms with E-state index in [1.165, 1.54) is 0 Å². The highest BCUT2D eigenvalue weighted by Crippen LogP contribution is 2.45. The van der Waals surface area contributed by atoms with Gasteiger partial charge in [0.25, 0.3) is 0 Å². The lowest BCUT2D eigenvalue weighted by atomic mass is 9.90. The van der Waals surface area contributed by atoms with E-state index in [-0.39, 0.29) is 25.0 Å². The smallest absolute Gasteiger partial charge is 0.338 e. The van der Waals surface area contributed by atoms with Gasteiger partial charge in [-0.1, -0.05) is 121 Å². The molecule has 0 saturated heterocycles. The molecule has 8 bridgehead atoms. The molecule has 4 aliphatic rings. The minimum Gasteiger partial charge on any atom is -1.00 e. The van der Waals surface area contributed by atoms with Crippen LogP contribution in [0.15, 0.2) is 205 Å². The van der Waals surface area contributed by atoms with Gasteiger partial charge in [0.2, 0.25) is 5.36 Å². The predicted molar refractivity (Wildman–Crippen MR) is 356 cm³/mol. The molecule has 6 aromatic carbocycles. The number of anilines is 1. The number of hydrogen-bond acceptors (Lipinski definition) is 9. The van der Waals surface area contributed by atoms with E-state index < -0.39 is 0 Å². The second kappa shape index (κ2) is 25.6. The Bertz CT molecular complexity index is 4540. The summed E-state index contributed by atoms with van der Waals surface area (Å²) in [7, 11) is 0. The SMILES string of the molecule is CCN(CC)c1ccc2c(-c3ccccc3C(=O)OCCCOc3ccc(-c4c5nc(c(-c6ccccc6)c6ccc(s6)c(-c6ccccc6)c6nc(c(-c7ccccc7)c7ccc4s7)C=C6)C=C5)cc3)c3ccc(=[N+](CC)CC)cc-3oc2c1.[Cl-]. The largest absolute Gasteiger partial charge is 1.00 e. The quantitative estimate of drug-likeness (QED) is 0.0413. The van der Waals surface area contributed by atoms with E-state index in [0.717, 1.165) is 162 Å². The number of esters is 1. The van der Waals surface area contributed by atoms with Gasteiger partial charge >= 0.3 is 5.97 Å². The van der Waals surface area contributed by atoms with Crippen LogP contribution in [0, 0.1) is 0 Å². The summed E-state index contributed by atoms with van der Waals surface area (Å²) in [5.41, 5.74) is 17.2. The molecule has 0 saturated carbocycles. The lowest BCUT2D eigenvalue weighted by molar-refractivity contribution is -0.0000365. The molecule has 13 rings (SSSR count). The van der Waals surface area contributed by atoms with Crippen molar-refractivity contribution < 1.29 is 31.1 Å². The lowest BCUT2D eigenvalue weighted by Crippen LogP contribution is -3.00. The van der Waals surface area contributed by atoms with E-state index >= 15 is 0 Å². The van der Waals surface area contributed by atoms with Crippen LogP contribution in [0.2, 0.25) is 0 Å². The molecule has 8 nitrogen and oxygen atoms in total. The number of thiophene rings is 2. The minimum atomic E-state index is -0.387. The van der Waals surface area contributed by atoms with Crippen LogP contribution < -0.4 is 32.0 Å². The van der Waals surface area contributed by atoms with Crippen molar-refractivity contribution in [3.63, 3.8) is 0 Å². The number of carbonyl (C=O) groups is 1. The van der Waals surface area contributed by atoms with E-state index in [1.54, 1.807) is 22.7 Å². The summed E-state index contributed by atoms with van der Waals surface area (Å²) in [6.45, 7) is 12.7. The van der Waals surface area contributed by atoms with Crippen LogP contribution in [0.5, 0.6) is 5.75 Å². The Labute approximate surface area is 515 Å². The molecule has 0 spiro atoms. The number of carbonyl (C=O) groups excluding carboxylic acids is 1. The zero-order valence-electron chi connectivity index (χ0n) is 48.4. The normalized spacial score (nSPS) is 11.7. The highest BCUT2D eigenvalue weighted by molar-refractivity contribution is 7.24. The van der Waals surface area contributed by atoms with Crippen LogP contribution in [0.1, 0.15) is 67.2 Å². The molecule has 0 fully saturated rings. The number of fused-ring (bicyclic) bond motifs is 10. The first-order chi connectivity index (χ1) is 41.9. The average molecular weight is 1180 g/mol. The fourth-order valence-electron chi connectivity index (χ4n) is 11.8. The van der Waals surface area contributed by atoms with Crippen LogP contribution in [-0.2, 0) is 4.74 Å². The number of hydrogen-bond donors (Lipinski definition) is 0. The minimum absolute atomic E-state index is 0. The summed E-state index contributed by atoms with van der Waals surface area (Å²) < 4.78 is 25.9. The van der Waals surface area contributed by atoms with Crippen molar-refractivity contribution in [2.24, 2.45) is 0 Å². The van der Waals surface area contributed by atoms with Gasteiger partial charge in [0.05, 0.1) is 47.6 Å². The summed E-state index contributed by atoms with van der Waals surface area (Å²) in [6.07, 6.45) is 9.16. The Morgan fingerprint density at radius 1 is 0.500 bits per heavy atom. The Balaban J connectivity index is 0.00000724. The van der Waals surface area contributed by atoms with Gasteiger partial charge < -0.3 is 31.2 Å². The van der Waals surface area contributed by atoms with Gasteiger partial charge in [0.1, 0.15) is 30.2 Å². The molecule has 0 amide bonds. The Morgan fingerprint density at radius 3 is 1.49 bits per heavy atom. The van der Waals surface area contributed by atoms with Gasteiger partial charge in [0.15, 0.2) is 0 Å². The van der Waals surface area contributed by atoms with Gasteiger partial charge in [-0.15, -0.1) is 22.7 Å². The second-order valence-electron chi connectivity index (χ2n) is 20.9.